The monoisotopic (exact) mass is 422 g/mol. The second-order valence-electron chi connectivity index (χ2n) is 10.8. The van der Waals surface area contributed by atoms with Gasteiger partial charge < -0.3 is 5.11 Å². The van der Waals surface area contributed by atoms with Crippen molar-refractivity contribution in [2.75, 3.05) is 0 Å². The van der Waals surface area contributed by atoms with E-state index in [2.05, 4.69) is 13.8 Å². The lowest BCUT2D eigenvalue weighted by Crippen LogP contribution is -2.66. The number of aliphatic hydroxyl groups is 1. The fourth-order valence-electron chi connectivity index (χ4n) is 8.25. The minimum absolute atomic E-state index is 0.0312. The zero-order valence-electron chi connectivity index (χ0n) is 17.3. The van der Waals surface area contributed by atoms with Crippen LogP contribution < -0.4 is 0 Å². The summed E-state index contributed by atoms with van der Waals surface area (Å²) in [5.74, 6) is -4.50. The molecule has 4 fully saturated rings. The molecule has 0 bridgehead atoms. The molecule has 0 saturated heterocycles. The third-order valence-electron chi connectivity index (χ3n) is 10.1. The van der Waals surface area contributed by atoms with Crippen LogP contribution in [0.2, 0.25) is 0 Å². The lowest BCUT2D eigenvalue weighted by molar-refractivity contribution is -0.364. The number of halogens is 5. The molecular weight excluding hydrogens is 391 g/mol. The number of carbonyl (C=O) groups excluding carboxylic acids is 1. The van der Waals surface area contributed by atoms with Gasteiger partial charge in [-0.25, -0.2) is 0 Å². The molecule has 0 amide bonds. The fourth-order valence-corrected chi connectivity index (χ4v) is 8.25. The molecule has 4 aliphatic rings. The van der Waals surface area contributed by atoms with Gasteiger partial charge in [-0.15, -0.1) is 0 Å². The summed E-state index contributed by atoms with van der Waals surface area (Å²) in [6.07, 6.45) is -2.72. The number of ketones is 1. The van der Waals surface area contributed by atoms with Crippen molar-refractivity contribution in [2.24, 2.45) is 40.4 Å². The third kappa shape index (κ3) is 2.51. The number of Topliss-reactive ketones (excluding diaryl/α,β-unsaturated/α-hetero) is 1. The van der Waals surface area contributed by atoms with E-state index in [-0.39, 0.29) is 53.6 Å². The van der Waals surface area contributed by atoms with E-state index in [1.807, 2.05) is 0 Å². The fraction of sp³-hybridized carbons (Fsp3) is 0.955. The Morgan fingerprint density at radius 1 is 0.931 bits per heavy atom. The maximum atomic E-state index is 14.5. The van der Waals surface area contributed by atoms with E-state index < -0.39 is 29.5 Å². The molecule has 2 nitrogen and oxygen atoms in total. The van der Waals surface area contributed by atoms with Gasteiger partial charge in [-0.3, -0.25) is 4.79 Å². The summed E-state index contributed by atoms with van der Waals surface area (Å²) in [7, 11) is 0. The van der Waals surface area contributed by atoms with Crippen molar-refractivity contribution < 1.29 is 31.9 Å². The molecule has 29 heavy (non-hydrogen) atoms. The first kappa shape index (κ1) is 21.5. The Bertz CT molecular complexity index is 706. The van der Waals surface area contributed by atoms with Crippen LogP contribution in [0.5, 0.6) is 0 Å². The Labute approximate surface area is 168 Å². The number of hydrogen-bond donors (Lipinski definition) is 1. The van der Waals surface area contributed by atoms with E-state index in [9.17, 15) is 31.9 Å². The number of rotatable bonds is 1. The molecule has 0 unspecified atom stereocenters. The van der Waals surface area contributed by atoms with E-state index in [0.717, 1.165) is 12.8 Å². The van der Waals surface area contributed by atoms with Crippen molar-refractivity contribution in [1.29, 1.82) is 0 Å². The number of alkyl halides is 5. The van der Waals surface area contributed by atoms with Gasteiger partial charge in [-0.1, -0.05) is 20.8 Å². The summed E-state index contributed by atoms with van der Waals surface area (Å²) < 4.78 is 68.7. The number of carbonyl (C=O) groups is 1. The van der Waals surface area contributed by atoms with Crippen LogP contribution in [0.25, 0.3) is 0 Å². The summed E-state index contributed by atoms with van der Waals surface area (Å²) in [5, 5.41) is 10.9. The van der Waals surface area contributed by atoms with Gasteiger partial charge in [0.15, 0.2) is 0 Å². The van der Waals surface area contributed by atoms with Crippen LogP contribution in [0.4, 0.5) is 22.0 Å². The van der Waals surface area contributed by atoms with Crippen LogP contribution in [0.1, 0.15) is 72.1 Å². The highest BCUT2D eigenvalue weighted by molar-refractivity contribution is 5.80. The summed E-state index contributed by atoms with van der Waals surface area (Å²) in [5.41, 5.74) is -4.60. The SMILES string of the molecule is C[C@H]1CC(=O)C[C@@H]2CC[C@@H]3[C@H](CC[C@@]4(C)[C@H]3CC[C@@]4(O)C(F)(F)C(F)(F)F)[C@]21C. The predicted octanol–water partition coefficient (Wildman–Crippen LogP) is 5.77. The summed E-state index contributed by atoms with van der Waals surface area (Å²) in [6, 6.07) is 0. The van der Waals surface area contributed by atoms with Gasteiger partial charge in [-0.05, 0) is 73.5 Å². The highest BCUT2D eigenvalue weighted by Gasteiger charge is 2.79. The molecule has 1 N–H and O–H groups in total. The molecule has 0 aliphatic heterocycles. The third-order valence-corrected chi connectivity index (χ3v) is 10.1. The van der Waals surface area contributed by atoms with E-state index in [0.29, 0.717) is 19.3 Å². The molecule has 0 aromatic heterocycles. The first-order valence-corrected chi connectivity index (χ1v) is 10.9. The highest BCUT2D eigenvalue weighted by Crippen LogP contribution is 2.71. The molecule has 0 radical (unpaired) electrons. The van der Waals surface area contributed by atoms with Crippen molar-refractivity contribution in [3.8, 4) is 0 Å². The largest absolute Gasteiger partial charge is 0.456 e. The normalized spacial score (nSPS) is 50.7. The first-order valence-electron chi connectivity index (χ1n) is 10.9. The van der Waals surface area contributed by atoms with E-state index >= 15 is 0 Å². The maximum Gasteiger partial charge on any atom is 0.456 e. The van der Waals surface area contributed by atoms with Crippen LogP contribution in [-0.4, -0.2) is 28.6 Å². The van der Waals surface area contributed by atoms with Gasteiger partial charge in [-0.2, -0.15) is 22.0 Å². The van der Waals surface area contributed by atoms with Crippen molar-refractivity contribution in [3.63, 3.8) is 0 Å². The minimum Gasteiger partial charge on any atom is -0.383 e. The van der Waals surface area contributed by atoms with Gasteiger partial charge in [0.05, 0.1) is 0 Å². The average molecular weight is 422 g/mol. The lowest BCUT2D eigenvalue weighted by Gasteiger charge is -2.63. The topological polar surface area (TPSA) is 37.3 Å². The quantitative estimate of drug-likeness (QED) is 0.545. The van der Waals surface area contributed by atoms with Crippen LogP contribution in [0, 0.1) is 40.4 Å². The van der Waals surface area contributed by atoms with Crippen molar-refractivity contribution in [2.45, 2.75) is 89.8 Å². The van der Waals surface area contributed by atoms with Crippen LogP contribution >= 0.6 is 0 Å². The molecule has 166 valence electrons. The first-order chi connectivity index (χ1) is 13.2. The predicted molar refractivity (Wildman–Crippen MR) is 97.2 cm³/mol. The Kier molecular flexibility index (Phi) is 4.57. The molecule has 0 heterocycles. The lowest BCUT2D eigenvalue weighted by atomic mass is 9.42. The van der Waals surface area contributed by atoms with Crippen molar-refractivity contribution in [3.05, 3.63) is 0 Å². The molecule has 0 aromatic carbocycles. The molecule has 4 aliphatic carbocycles. The van der Waals surface area contributed by atoms with Gasteiger partial charge >= 0.3 is 12.1 Å². The maximum absolute atomic E-state index is 14.5. The molecule has 4 saturated carbocycles. The zero-order chi connectivity index (χ0) is 21.6. The van der Waals surface area contributed by atoms with Crippen molar-refractivity contribution in [1.82, 2.24) is 0 Å². The smallest absolute Gasteiger partial charge is 0.383 e. The van der Waals surface area contributed by atoms with E-state index in [1.54, 1.807) is 0 Å². The minimum atomic E-state index is -5.77. The molecule has 7 heteroatoms. The summed E-state index contributed by atoms with van der Waals surface area (Å²) in [6.45, 7) is 5.76. The highest BCUT2D eigenvalue weighted by atomic mass is 19.4. The molecule has 0 spiro atoms. The van der Waals surface area contributed by atoms with Gasteiger partial charge in [0.2, 0.25) is 0 Å². The zero-order valence-corrected chi connectivity index (χ0v) is 17.3. The van der Waals surface area contributed by atoms with Gasteiger partial charge in [0.25, 0.3) is 0 Å². The van der Waals surface area contributed by atoms with Crippen LogP contribution in [0.15, 0.2) is 0 Å². The van der Waals surface area contributed by atoms with Crippen LogP contribution in [-0.2, 0) is 4.79 Å². The number of hydrogen-bond acceptors (Lipinski definition) is 2. The van der Waals surface area contributed by atoms with Gasteiger partial charge in [0, 0.05) is 18.3 Å². The number of fused-ring (bicyclic) bond motifs is 5. The summed E-state index contributed by atoms with van der Waals surface area (Å²) >= 11 is 0. The second kappa shape index (κ2) is 6.17. The Morgan fingerprint density at radius 2 is 1.55 bits per heavy atom. The van der Waals surface area contributed by atoms with E-state index in [4.69, 9.17) is 0 Å². The summed E-state index contributed by atoms with van der Waals surface area (Å²) in [4.78, 5) is 12.1. The Hall–Kier alpha value is -0.720. The molecule has 0 aromatic rings. The Morgan fingerprint density at radius 3 is 2.17 bits per heavy atom. The molecule has 4 rings (SSSR count). The standard InChI is InChI=1S/C22H31F5O2/c1-12-10-14(28)11-13-4-5-15-16-7-9-20(29,21(23,24)22(25,26)27)18(16,2)8-6-17(15)19(12,13)3/h12-13,15-17,29H,4-11H2,1-3H3/t12-,13-,15-,16-,17-,18-,19-,20-/m0/s1. The Balaban J connectivity index is 1.69. The molecular formula is C22H31F5O2. The van der Waals surface area contributed by atoms with Crippen molar-refractivity contribution >= 4 is 5.78 Å². The van der Waals surface area contributed by atoms with E-state index in [1.165, 1.54) is 6.92 Å². The van der Waals surface area contributed by atoms with Gasteiger partial charge in [0.1, 0.15) is 11.4 Å². The second-order valence-corrected chi connectivity index (χ2v) is 10.8. The molecule has 8 atom stereocenters. The van der Waals surface area contributed by atoms with Crippen LogP contribution in [0.3, 0.4) is 0 Å². The average Bonchev–Trinajstić information content (AvgIpc) is 2.88.